The van der Waals surface area contributed by atoms with Crippen LogP contribution in [0.3, 0.4) is 0 Å². The summed E-state index contributed by atoms with van der Waals surface area (Å²) in [6.45, 7) is 0.600. The van der Waals surface area contributed by atoms with Gasteiger partial charge in [0.1, 0.15) is 0 Å². The maximum Gasteiger partial charge on any atom is 0.416 e. The number of aromatic amines is 1. The number of nitrogens with one attached hydrogen (secondary N) is 2. The smallest absolute Gasteiger partial charge is 0.317 e. The minimum absolute atomic E-state index is 0.0769. The SMILES string of the molecule is O=C(Nc1ccc(C(F)(F)F)cc1)N1CCCC[C@@H]1c1cn[nH]c1. The summed E-state index contributed by atoms with van der Waals surface area (Å²) >= 11 is 0. The van der Waals surface area contributed by atoms with Crippen molar-refractivity contribution in [2.45, 2.75) is 31.5 Å². The van der Waals surface area contributed by atoms with Crippen LogP contribution in [0.4, 0.5) is 23.7 Å². The predicted octanol–water partition coefficient (Wildman–Crippen LogP) is 4.19. The van der Waals surface area contributed by atoms with E-state index in [9.17, 15) is 18.0 Å². The Bertz CT molecular complexity index is 682. The van der Waals surface area contributed by atoms with E-state index in [1.807, 2.05) is 0 Å². The zero-order valence-corrected chi connectivity index (χ0v) is 12.8. The standard InChI is InChI=1S/C16H17F3N4O/c17-16(18,19)12-4-6-13(7-5-12)22-15(24)23-8-2-1-3-14(23)11-9-20-21-10-11/h4-7,9-10,14H,1-3,8H2,(H,20,21)(H,22,24)/t14-/m1/s1. The highest BCUT2D eigenvalue weighted by atomic mass is 19.4. The van der Waals surface area contributed by atoms with Crippen molar-refractivity contribution in [2.75, 3.05) is 11.9 Å². The Kier molecular flexibility index (Phi) is 4.46. The molecule has 1 aromatic heterocycles. The molecular weight excluding hydrogens is 321 g/mol. The molecule has 2 amide bonds. The number of benzene rings is 1. The fourth-order valence-electron chi connectivity index (χ4n) is 2.90. The van der Waals surface area contributed by atoms with Gasteiger partial charge in [0.25, 0.3) is 0 Å². The molecule has 0 spiro atoms. The number of aromatic nitrogens is 2. The zero-order chi connectivity index (χ0) is 17.2. The molecule has 24 heavy (non-hydrogen) atoms. The molecule has 2 N–H and O–H groups in total. The summed E-state index contributed by atoms with van der Waals surface area (Å²) in [6.07, 6.45) is 1.80. The molecule has 2 aromatic rings. The monoisotopic (exact) mass is 338 g/mol. The Labute approximate surface area is 136 Å². The average Bonchev–Trinajstić information content (AvgIpc) is 3.09. The normalized spacial score (nSPS) is 18.5. The van der Waals surface area contributed by atoms with Gasteiger partial charge in [-0.1, -0.05) is 0 Å². The Hall–Kier alpha value is -2.51. The number of amides is 2. The van der Waals surface area contributed by atoms with E-state index < -0.39 is 11.7 Å². The molecule has 2 heterocycles. The maximum atomic E-state index is 12.6. The van der Waals surface area contributed by atoms with Gasteiger partial charge >= 0.3 is 12.2 Å². The van der Waals surface area contributed by atoms with Crippen molar-refractivity contribution in [1.29, 1.82) is 0 Å². The van der Waals surface area contributed by atoms with Crippen molar-refractivity contribution in [3.63, 3.8) is 0 Å². The van der Waals surface area contributed by atoms with Crippen molar-refractivity contribution >= 4 is 11.7 Å². The summed E-state index contributed by atoms with van der Waals surface area (Å²) in [7, 11) is 0. The molecule has 0 aliphatic carbocycles. The van der Waals surface area contributed by atoms with Crippen LogP contribution in [0.2, 0.25) is 0 Å². The first-order valence-electron chi connectivity index (χ1n) is 7.69. The molecular formula is C16H17F3N4O. The second kappa shape index (κ2) is 6.54. The molecule has 5 nitrogen and oxygen atoms in total. The van der Waals surface area contributed by atoms with Crippen molar-refractivity contribution in [3.05, 3.63) is 47.8 Å². The van der Waals surface area contributed by atoms with E-state index >= 15 is 0 Å². The highest BCUT2D eigenvalue weighted by molar-refractivity contribution is 5.89. The number of piperidine rings is 1. The summed E-state index contributed by atoms with van der Waals surface area (Å²) < 4.78 is 37.7. The fraction of sp³-hybridized carbons (Fsp3) is 0.375. The molecule has 1 aliphatic rings. The molecule has 0 saturated carbocycles. The molecule has 1 atom stereocenters. The predicted molar refractivity (Wildman–Crippen MR) is 82.3 cm³/mol. The average molecular weight is 338 g/mol. The molecule has 0 radical (unpaired) electrons. The van der Waals surface area contributed by atoms with Crippen LogP contribution in [0.5, 0.6) is 0 Å². The number of hydrogen-bond acceptors (Lipinski definition) is 2. The Morgan fingerprint density at radius 2 is 2.00 bits per heavy atom. The van der Waals surface area contributed by atoms with Crippen molar-refractivity contribution in [2.24, 2.45) is 0 Å². The van der Waals surface area contributed by atoms with Crippen LogP contribution < -0.4 is 5.32 Å². The number of hydrogen-bond donors (Lipinski definition) is 2. The Balaban J connectivity index is 1.71. The van der Waals surface area contributed by atoms with Crippen LogP contribution in [-0.2, 0) is 6.18 Å². The van der Waals surface area contributed by atoms with Gasteiger partial charge in [0.15, 0.2) is 0 Å². The molecule has 1 saturated heterocycles. The van der Waals surface area contributed by atoms with E-state index in [0.717, 1.165) is 37.0 Å². The van der Waals surface area contributed by atoms with Gasteiger partial charge in [0.2, 0.25) is 0 Å². The Morgan fingerprint density at radius 1 is 1.25 bits per heavy atom. The lowest BCUT2D eigenvalue weighted by atomic mass is 9.98. The molecule has 128 valence electrons. The summed E-state index contributed by atoms with van der Waals surface area (Å²) in [4.78, 5) is 14.2. The van der Waals surface area contributed by atoms with Crippen LogP contribution in [0.25, 0.3) is 0 Å². The highest BCUT2D eigenvalue weighted by Gasteiger charge is 2.31. The fourth-order valence-corrected chi connectivity index (χ4v) is 2.90. The summed E-state index contributed by atoms with van der Waals surface area (Å²) in [5, 5.41) is 9.33. The van der Waals surface area contributed by atoms with Gasteiger partial charge in [-0.2, -0.15) is 18.3 Å². The molecule has 0 bridgehead atoms. The summed E-state index contributed by atoms with van der Waals surface area (Å²) in [6, 6.07) is 4.04. The Morgan fingerprint density at radius 3 is 2.62 bits per heavy atom. The van der Waals surface area contributed by atoms with E-state index in [1.165, 1.54) is 12.1 Å². The van der Waals surface area contributed by atoms with Crippen LogP contribution in [0, 0.1) is 0 Å². The van der Waals surface area contributed by atoms with Crippen molar-refractivity contribution in [3.8, 4) is 0 Å². The third-order valence-corrected chi connectivity index (χ3v) is 4.13. The van der Waals surface area contributed by atoms with E-state index in [2.05, 4.69) is 15.5 Å². The third-order valence-electron chi connectivity index (χ3n) is 4.13. The van der Waals surface area contributed by atoms with Crippen LogP contribution >= 0.6 is 0 Å². The molecule has 3 rings (SSSR count). The van der Waals surface area contributed by atoms with Crippen molar-refractivity contribution in [1.82, 2.24) is 15.1 Å². The molecule has 1 aliphatic heterocycles. The number of alkyl halides is 3. The van der Waals surface area contributed by atoms with Gasteiger partial charge in [-0.3, -0.25) is 5.10 Å². The minimum Gasteiger partial charge on any atom is -0.317 e. The van der Waals surface area contributed by atoms with E-state index in [4.69, 9.17) is 0 Å². The second-order valence-corrected chi connectivity index (χ2v) is 5.74. The molecule has 1 fully saturated rings. The van der Waals surface area contributed by atoms with Gasteiger partial charge in [-0.25, -0.2) is 4.79 Å². The number of urea groups is 1. The number of anilines is 1. The number of carbonyl (C=O) groups excluding carboxylic acids is 1. The van der Waals surface area contributed by atoms with Crippen molar-refractivity contribution < 1.29 is 18.0 Å². The van der Waals surface area contributed by atoms with Gasteiger partial charge in [0, 0.05) is 24.0 Å². The van der Waals surface area contributed by atoms with Crippen LogP contribution in [-0.4, -0.2) is 27.7 Å². The number of H-pyrrole nitrogens is 1. The van der Waals surface area contributed by atoms with Gasteiger partial charge in [0.05, 0.1) is 17.8 Å². The number of likely N-dealkylation sites (tertiary alicyclic amines) is 1. The van der Waals surface area contributed by atoms with E-state index in [-0.39, 0.29) is 12.1 Å². The number of rotatable bonds is 2. The number of carbonyl (C=O) groups is 1. The number of halogens is 3. The first kappa shape index (κ1) is 16.4. The first-order valence-corrected chi connectivity index (χ1v) is 7.69. The quantitative estimate of drug-likeness (QED) is 0.862. The summed E-state index contributed by atoms with van der Waals surface area (Å²) in [5.41, 5.74) is 0.525. The lowest BCUT2D eigenvalue weighted by Gasteiger charge is -2.35. The number of nitrogens with zero attached hydrogens (tertiary/aromatic N) is 2. The largest absolute Gasteiger partial charge is 0.416 e. The van der Waals surface area contributed by atoms with Gasteiger partial charge in [-0.05, 0) is 43.5 Å². The van der Waals surface area contributed by atoms with Crippen LogP contribution in [0.1, 0.15) is 36.4 Å². The minimum atomic E-state index is -4.39. The highest BCUT2D eigenvalue weighted by Crippen LogP contribution is 2.32. The maximum absolute atomic E-state index is 12.6. The lowest BCUT2D eigenvalue weighted by molar-refractivity contribution is -0.137. The summed E-state index contributed by atoms with van der Waals surface area (Å²) in [5.74, 6) is 0. The molecule has 8 heteroatoms. The van der Waals surface area contributed by atoms with Gasteiger partial charge in [-0.15, -0.1) is 0 Å². The van der Waals surface area contributed by atoms with Crippen LogP contribution in [0.15, 0.2) is 36.7 Å². The van der Waals surface area contributed by atoms with Gasteiger partial charge < -0.3 is 10.2 Å². The topological polar surface area (TPSA) is 61.0 Å². The van der Waals surface area contributed by atoms with E-state index in [1.54, 1.807) is 17.3 Å². The second-order valence-electron chi connectivity index (χ2n) is 5.74. The third kappa shape index (κ3) is 3.52. The zero-order valence-electron chi connectivity index (χ0n) is 12.8. The lowest BCUT2D eigenvalue weighted by Crippen LogP contribution is -2.41. The molecule has 0 unspecified atom stereocenters. The molecule has 1 aromatic carbocycles. The first-order chi connectivity index (χ1) is 11.4. The van der Waals surface area contributed by atoms with E-state index in [0.29, 0.717) is 12.2 Å².